The standard InChI is InChI=1S/C29H30ClFN6O3/c1-15(2)23-25-17(7-9-33-23)8-12-40-28(38)18-5-4-6-21(31)22(18)24-20(30)13-19-26(36-11-10-32-14-16(36)3)35-29(39)37(25)27(19)34-24/h4-7,9,13,15-16,28,32,38H,8,10-12,14H2,1-3H3/t16-,28?/m0/s1. The van der Waals surface area contributed by atoms with Crippen LogP contribution in [0.4, 0.5) is 10.2 Å². The zero-order valence-electron chi connectivity index (χ0n) is 22.5. The zero-order valence-corrected chi connectivity index (χ0v) is 23.2. The van der Waals surface area contributed by atoms with E-state index in [4.69, 9.17) is 21.3 Å². The first-order chi connectivity index (χ1) is 19.3. The minimum atomic E-state index is -1.41. The largest absolute Gasteiger partial charge is 0.364 e. The fourth-order valence-corrected chi connectivity index (χ4v) is 5.86. The Morgan fingerprint density at radius 3 is 2.85 bits per heavy atom. The van der Waals surface area contributed by atoms with Gasteiger partial charge in [0, 0.05) is 43.0 Å². The third-order valence-electron chi connectivity index (χ3n) is 7.58. The fourth-order valence-electron chi connectivity index (χ4n) is 5.62. The maximum absolute atomic E-state index is 15.5. The Labute approximate surface area is 235 Å². The van der Waals surface area contributed by atoms with Crippen molar-refractivity contribution >= 4 is 28.5 Å². The van der Waals surface area contributed by atoms with E-state index in [0.29, 0.717) is 41.2 Å². The molecule has 9 nitrogen and oxygen atoms in total. The molecular weight excluding hydrogens is 535 g/mol. The number of hydrogen-bond donors (Lipinski definition) is 2. The number of pyridine rings is 2. The van der Waals surface area contributed by atoms with Gasteiger partial charge >= 0.3 is 5.69 Å². The van der Waals surface area contributed by atoms with Crippen LogP contribution in [-0.2, 0) is 11.2 Å². The normalized spacial score (nSPS) is 19.3. The highest BCUT2D eigenvalue weighted by atomic mass is 35.5. The third-order valence-corrected chi connectivity index (χ3v) is 7.87. The molecule has 1 fully saturated rings. The van der Waals surface area contributed by atoms with Gasteiger partial charge in [0.25, 0.3) is 0 Å². The van der Waals surface area contributed by atoms with Crippen molar-refractivity contribution in [1.82, 2.24) is 24.8 Å². The molecule has 5 heterocycles. The molecule has 0 aliphatic carbocycles. The summed E-state index contributed by atoms with van der Waals surface area (Å²) in [4.78, 5) is 30.2. The molecule has 2 atom stereocenters. The summed E-state index contributed by atoms with van der Waals surface area (Å²) >= 11 is 6.83. The highest BCUT2D eigenvalue weighted by Crippen LogP contribution is 2.39. The van der Waals surface area contributed by atoms with Crippen LogP contribution in [0.5, 0.6) is 0 Å². The van der Waals surface area contributed by atoms with Crippen LogP contribution in [-0.4, -0.2) is 56.9 Å². The Hall–Kier alpha value is -3.44. The molecular formula is C29H30ClFN6O3. The van der Waals surface area contributed by atoms with Crippen LogP contribution in [0, 0.1) is 5.82 Å². The molecule has 0 saturated carbocycles. The first kappa shape index (κ1) is 26.8. The molecule has 2 aliphatic heterocycles. The van der Waals surface area contributed by atoms with E-state index in [1.54, 1.807) is 18.3 Å². The van der Waals surface area contributed by atoms with Gasteiger partial charge in [0.2, 0.25) is 0 Å². The van der Waals surface area contributed by atoms with E-state index >= 15 is 4.39 Å². The Morgan fingerprint density at radius 2 is 2.08 bits per heavy atom. The molecule has 11 heteroatoms. The van der Waals surface area contributed by atoms with Gasteiger partial charge in [-0.25, -0.2) is 18.7 Å². The van der Waals surface area contributed by atoms with Gasteiger partial charge in [-0.1, -0.05) is 37.6 Å². The predicted octanol–water partition coefficient (Wildman–Crippen LogP) is 4.12. The quantitative estimate of drug-likeness (QED) is 0.375. The van der Waals surface area contributed by atoms with Gasteiger partial charge in [-0.2, -0.15) is 4.98 Å². The van der Waals surface area contributed by atoms with Gasteiger partial charge in [0.1, 0.15) is 11.6 Å². The van der Waals surface area contributed by atoms with Crippen molar-refractivity contribution < 1.29 is 14.2 Å². The van der Waals surface area contributed by atoms with E-state index in [1.807, 2.05) is 19.9 Å². The molecule has 2 N–H and O–H groups in total. The van der Waals surface area contributed by atoms with Crippen LogP contribution in [0.15, 0.2) is 41.3 Å². The molecule has 208 valence electrons. The van der Waals surface area contributed by atoms with E-state index in [0.717, 1.165) is 18.7 Å². The molecule has 2 aliphatic rings. The average Bonchev–Trinajstić information content (AvgIpc) is 2.92. The molecule has 1 aromatic carbocycles. The second-order valence-electron chi connectivity index (χ2n) is 10.5. The number of aromatic nitrogens is 4. The van der Waals surface area contributed by atoms with E-state index in [-0.39, 0.29) is 40.4 Å². The number of benzene rings is 1. The van der Waals surface area contributed by atoms with Crippen molar-refractivity contribution in [2.45, 2.75) is 45.4 Å². The SMILES string of the molecule is CC(C)c1nccc2c1-n1c(=O)nc(N3CCNC[C@@H]3C)c3cc(Cl)c(nc31)-c1c(F)cccc1C(O)OCC2. The Balaban J connectivity index is 1.78. The van der Waals surface area contributed by atoms with E-state index in [9.17, 15) is 9.90 Å². The predicted molar refractivity (Wildman–Crippen MR) is 152 cm³/mol. The van der Waals surface area contributed by atoms with E-state index in [1.165, 1.54) is 16.7 Å². The van der Waals surface area contributed by atoms with E-state index < -0.39 is 17.8 Å². The smallest absolute Gasteiger partial charge is 0.355 e. The Bertz CT molecular complexity index is 1680. The molecule has 3 aromatic heterocycles. The maximum atomic E-state index is 15.5. The number of nitrogens with zero attached hydrogens (tertiary/aromatic N) is 5. The van der Waals surface area contributed by atoms with Gasteiger partial charge in [0.05, 0.1) is 34.1 Å². The number of ether oxygens (including phenoxy) is 1. The molecule has 0 radical (unpaired) electrons. The molecule has 40 heavy (non-hydrogen) atoms. The number of hydrogen-bond acceptors (Lipinski definition) is 8. The van der Waals surface area contributed by atoms with Gasteiger partial charge in [-0.05, 0) is 43.0 Å². The number of nitrogens with one attached hydrogen (secondary N) is 1. The van der Waals surface area contributed by atoms with Crippen molar-refractivity contribution in [3.05, 3.63) is 74.7 Å². The lowest BCUT2D eigenvalue weighted by Crippen LogP contribution is -2.50. The molecule has 1 saturated heterocycles. The van der Waals surface area contributed by atoms with Crippen LogP contribution >= 0.6 is 11.6 Å². The summed E-state index contributed by atoms with van der Waals surface area (Å²) in [6.07, 6.45) is 0.656. The second kappa shape index (κ2) is 10.5. The summed E-state index contributed by atoms with van der Waals surface area (Å²) in [6, 6.07) is 7.95. The van der Waals surface area contributed by atoms with Crippen LogP contribution in [0.25, 0.3) is 28.0 Å². The maximum Gasteiger partial charge on any atom is 0.355 e. The minimum Gasteiger partial charge on any atom is -0.364 e. The summed E-state index contributed by atoms with van der Waals surface area (Å²) in [7, 11) is 0. The van der Waals surface area contributed by atoms with Crippen molar-refractivity contribution in [2.24, 2.45) is 0 Å². The highest BCUT2D eigenvalue weighted by molar-refractivity contribution is 6.34. The van der Waals surface area contributed by atoms with Gasteiger partial charge in [-0.3, -0.25) is 4.98 Å². The van der Waals surface area contributed by atoms with Gasteiger partial charge in [0.15, 0.2) is 11.9 Å². The molecule has 6 rings (SSSR count). The number of fused-ring (bicyclic) bond motifs is 5. The first-order valence-electron chi connectivity index (χ1n) is 13.4. The lowest BCUT2D eigenvalue weighted by Gasteiger charge is -2.35. The summed E-state index contributed by atoms with van der Waals surface area (Å²) in [5.74, 6) is -0.170. The van der Waals surface area contributed by atoms with Crippen molar-refractivity contribution in [3.63, 3.8) is 0 Å². The second-order valence-corrected chi connectivity index (χ2v) is 10.9. The summed E-state index contributed by atoms with van der Waals surface area (Å²) < 4.78 is 22.7. The van der Waals surface area contributed by atoms with Crippen molar-refractivity contribution in [2.75, 3.05) is 31.1 Å². The molecule has 4 aromatic rings. The first-order valence-corrected chi connectivity index (χ1v) is 13.8. The molecule has 0 spiro atoms. The monoisotopic (exact) mass is 564 g/mol. The van der Waals surface area contributed by atoms with Crippen LogP contribution in [0.2, 0.25) is 5.02 Å². The van der Waals surface area contributed by atoms with Crippen LogP contribution < -0.4 is 15.9 Å². The molecule has 2 bridgehead atoms. The van der Waals surface area contributed by atoms with Gasteiger partial charge in [-0.15, -0.1) is 0 Å². The van der Waals surface area contributed by atoms with Crippen LogP contribution in [0.3, 0.4) is 0 Å². The number of anilines is 1. The third kappa shape index (κ3) is 4.45. The Kier molecular flexibility index (Phi) is 7.03. The number of aliphatic hydroxyl groups is 1. The van der Waals surface area contributed by atoms with Crippen molar-refractivity contribution in [3.8, 4) is 16.9 Å². The number of rotatable bonds is 2. The Morgan fingerprint density at radius 1 is 1.25 bits per heavy atom. The topological polar surface area (TPSA) is 105 Å². The lowest BCUT2D eigenvalue weighted by atomic mass is 10.0. The number of aliphatic hydroxyl groups excluding tert-OH is 1. The molecule has 0 amide bonds. The zero-order chi connectivity index (χ0) is 28.1. The van der Waals surface area contributed by atoms with Crippen molar-refractivity contribution in [1.29, 1.82) is 0 Å². The number of halogens is 2. The van der Waals surface area contributed by atoms with Crippen LogP contribution in [0.1, 0.15) is 49.8 Å². The fraction of sp³-hybridized carbons (Fsp3) is 0.379. The number of piperazine rings is 1. The summed E-state index contributed by atoms with van der Waals surface area (Å²) in [6.45, 7) is 8.27. The highest BCUT2D eigenvalue weighted by Gasteiger charge is 2.29. The summed E-state index contributed by atoms with van der Waals surface area (Å²) in [5.41, 5.74) is 2.13. The van der Waals surface area contributed by atoms with E-state index in [2.05, 4.69) is 27.1 Å². The minimum absolute atomic E-state index is 0.0193. The molecule has 1 unspecified atom stereocenters. The lowest BCUT2D eigenvalue weighted by molar-refractivity contribution is -0.101. The average molecular weight is 565 g/mol. The summed E-state index contributed by atoms with van der Waals surface area (Å²) in [5, 5.41) is 15.1. The van der Waals surface area contributed by atoms with Gasteiger partial charge < -0.3 is 20.1 Å².